The van der Waals surface area contributed by atoms with Gasteiger partial charge in [-0.3, -0.25) is 0 Å². The summed E-state index contributed by atoms with van der Waals surface area (Å²) < 4.78 is 0. The zero-order valence-corrected chi connectivity index (χ0v) is 9.22. The standard InChI is InChI=1S/C10H24N2/c1-6-10(7-2)12(5)8-9(3)11-4/h9-11H,6-8H2,1-5H3/t9-/m1/s1. The lowest BCUT2D eigenvalue weighted by atomic mass is 10.1. The average molecular weight is 172 g/mol. The smallest absolute Gasteiger partial charge is 0.0163 e. The van der Waals surface area contributed by atoms with Gasteiger partial charge in [-0.05, 0) is 33.9 Å². The highest BCUT2D eigenvalue weighted by Gasteiger charge is 2.11. The second-order valence-electron chi connectivity index (χ2n) is 3.60. The minimum atomic E-state index is 0.593. The Morgan fingerprint density at radius 2 is 1.75 bits per heavy atom. The van der Waals surface area contributed by atoms with Crippen molar-refractivity contribution in [2.75, 3.05) is 20.6 Å². The molecule has 0 heterocycles. The summed E-state index contributed by atoms with van der Waals surface area (Å²) >= 11 is 0. The van der Waals surface area contributed by atoms with Crippen molar-refractivity contribution in [2.24, 2.45) is 0 Å². The summed E-state index contributed by atoms with van der Waals surface area (Å²) in [5, 5.41) is 3.26. The molecule has 0 unspecified atom stereocenters. The maximum absolute atomic E-state index is 3.26. The second kappa shape index (κ2) is 6.44. The third-order valence-corrected chi connectivity index (χ3v) is 2.62. The molecule has 0 aromatic rings. The minimum absolute atomic E-state index is 0.593. The van der Waals surface area contributed by atoms with Crippen LogP contribution in [0.1, 0.15) is 33.6 Å². The topological polar surface area (TPSA) is 15.3 Å². The minimum Gasteiger partial charge on any atom is -0.316 e. The molecule has 0 amide bonds. The summed E-state index contributed by atoms with van der Waals surface area (Å²) in [5.74, 6) is 0. The van der Waals surface area contributed by atoms with Gasteiger partial charge in [0.15, 0.2) is 0 Å². The molecule has 0 rings (SSSR count). The van der Waals surface area contributed by atoms with Crippen LogP contribution in [0.4, 0.5) is 0 Å². The summed E-state index contributed by atoms with van der Waals surface area (Å²) in [6, 6.07) is 1.34. The van der Waals surface area contributed by atoms with E-state index in [0.717, 1.165) is 12.6 Å². The van der Waals surface area contributed by atoms with Crippen molar-refractivity contribution in [3.63, 3.8) is 0 Å². The van der Waals surface area contributed by atoms with Crippen molar-refractivity contribution in [1.29, 1.82) is 0 Å². The summed E-state index contributed by atoms with van der Waals surface area (Å²) in [7, 11) is 4.23. The van der Waals surface area contributed by atoms with Crippen LogP contribution in [0.15, 0.2) is 0 Å². The largest absolute Gasteiger partial charge is 0.316 e. The second-order valence-corrected chi connectivity index (χ2v) is 3.60. The van der Waals surface area contributed by atoms with Gasteiger partial charge in [0.1, 0.15) is 0 Å². The van der Waals surface area contributed by atoms with E-state index in [1.54, 1.807) is 0 Å². The van der Waals surface area contributed by atoms with E-state index in [0.29, 0.717) is 6.04 Å². The summed E-state index contributed by atoms with van der Waals surface area (Å²) in [6.45, 7) is 7.88. The average Bonchev–Trinajstić information content (AvgIpc) is 2.06. The lowest BCUT2D eigenvalue weighted by Gasteiger charge is -2.28. The van der Waals surface area contributed by atoms with Gasteiger partial charge in [0, 0.05) is 18.6 Å². The third-order valence-electron chi connectivity index (χ3n) is 2.62. The number of nitrogens with one attached hydrogen (secondary N) is 1. The van der Waals surface area contributed by atoms with Crippen LogP contribution < -0.4 is 5.32 Å². The van der Waals surface area contributed by atoms with Gasteiger partial charge in [-0.25, -0.2) is 0 Å². The first-order valence-electron chi connectivity index (χ1n) is 5.03. The van der Waals surface area contributed by atoms with Crippen LogP contribution in [-0.4, -0.2) is 37.6 Å². The quantitative estimate of drug-likeness (QED) is 0.656. The van der Waals surface area contributed by atoms with E-state index in [9.17, 15) is 0 Å². The molecule has 74 valence electrons. The van der Waals surface area contributed by atoms with E-state index in [2.05, 4.69) is 38.0 Å². The molecule has 1 N–H and O–H groups in total. The fraction of sp³-hybridized carbons (Fsp3) is 1.00. The van der Waals surface area contributed by atoms with Crippen molar-refractivity contribution in [3.8, 4) is 0 Å². The Balaban J connectivity index is 3.75. The molecular weight excluding hydrogens is 148 g/mol. The Kier molecular flexibility index (Phi) is 6.39. The lowest BCUT2D eigenvalue weighted by Crippen LogP contribution is -2.40. The number of nitrogens with zero attached hydrogens (tertiary/aromatic N) is 1. The van der Waals surface area contributed by atoms with Gasteiger partial charge in [-0.1, -0.05) is 13.8 Å². The highest BCUT2D eigenvalue weighted by Crippen LogP contribution is 2.05. The van der Waals surface area contributed by atoms with Crippen LogP contribution >= 0.6 is 0 Å². The molecule has 0 radical (unpaired) electrons. The van der Waals surface area contributed by atoms with Crippen molar-refractivity contribution < 1.29 is 0 Å². The van der Waals surface area contributed by atoms with Crippen LogP contribution in [0, 0.1) is 0 Å². The van der Waals surface area contributed by atoms with E-state index in [-0.39, 0.29) is 0 Å². The summed E-state index contributed by atoms with van der Waals surface area (Å²) in [6.07, 6.45) is 2.51. The Morgan fingerprint density at radius 1 is 1.25 bits per heavy atom. The molecule has 0 spiro atoms. The van der Waals surface area contributed by atoms with Crippen LogP contribution in [-0.2, 0) is 0 Å². The Hall–Kier alpha value is -0.0800. The Bertz CT molecular complexity index is 100. The molecule has 0 saturated heterocycles. The van der Waals surface area contributed by atoms with Crippen molar-refractivity contribution in [3.05, 3.63) is 0 Å². The molecule has 2 nitrogen and oxygen atoms in total. The fourth-order valence-electron chi connectivity index (χ4n) is 1.58. The molecule has 12 heavy (non-hydrogen) atoms. The van der Waals surface area contributed by atoms with Gasteiger partial charge >= 0.3 is 0 Å². The lowest BCUT2D eigenvalue weighted by molar-refractivity contribution is 0.212. The molecule has 0 bridgehead atoms. The van der Waals surface area contributed by atoms with E-state index in [1.165, 1.54) is 12.8 Å². The maximum atomic E-state index is 3.26. The normalized spacial score (nSPS) is 14.2. The van der Waals surface area contributed by atoms with Crippen LogP contribution in [0.2, 0.25) is 0 Å². The Labute approximate surface area is 77.3 Å². The first-order valence-corrected chi connectivity index (χ1v) is 5.03. The molecule has 0 aromatic carbocycles. The summed E-state index contributed by atoms with van der Waals surface area (Å²) in [4.78, 5) is 2.45. The number of hydrogen-bond acceptors (Lipinski definition) is 2. The van der Waals surface area contributed by atoms with Crippen molar-refractivity contribution in [1.82, 2.24) is 10.2 Å². The van der Waals surface area contributed by atoms with E-state index >= 15 is 0 Å². The molecule has 2 heteroatoms. The van der Waals surface area contributed by atoms with Crippen molar-refractivity contribution >= 4 is 0 Å². The van der Waals surface area contributed by atoms with Crippen LogP contribution in [0.3, 0.4) is 0 Å². The molecule has 1 atom stereocenters. The first-order chi connectivity index (χ1) is 5.65. The molecule has 0 aliphatic heterocycles. The zero-order valence-electron chi connectivity index (χ0n) is 9.22. The van der Waals surface area contributed by atoms with E-state index in [4.69, 9.17) is 0 Å². The molecule has 0 fully saturated rings. The Morgan fingerprint density at radius 3 is 2.08 bits per heavy atom. The molecule has 0 aliphatic carbocycles. The molecule has 0 saturated carbocycles. The maximum Gasteiger partial charge on any atom is 0.0163 e. The van der Waals surface area contributed by atoms with Gasteiger partial charge in [0.2, 0.25) is 0 Å². The summed E-state index contributed by atoms with van der Waals surface area (Å²) in [5.41, 5.74) is 0. The SMILES string of the molecule is CCC(CC)N(C)C[C@@H](C)NC. The molecular formula is C10H24N2. The molecule has 0 aliphatic rings. The highest BCUT2D eigenvalue weighted by molar-refractivity contribution is 4.69. The van der Waals surface area contributed by atoms with Gasteiger partial charge < -0.3 is 10.2 Å². The zero-order chi connectivity index (χ0) is 9.56. The van der Waals surface area contributed by atoms with E-state index < -0.39 is 0 Å². The van der Waals surface area contributed by atoms with Crippen molar-refractivity contribution in [2.45, 2.75) is 45.7 Å². The fourth-order valence-corrected chi connectivity index (χ4v) is 1.58. The van der Waals surface area contributed by atoms with Crippen LogP contribution in [0.25, 0.3) is 0 Å². The number of hydrogen-bond donors (Lipinski definition) is 1. The molecule has 0 aromatic heterocycles. The van der Waals surface area contributed by atoms with Gasteiger partial charge in [0.25, 0.3) is 0 Å². The third kappa shape index (κ3) is 4.07. The first kappa shape index (κ1) is 11.9. The van der Waals surface area contributed by atoms with Gasteiger partial charge in [-0.2, -0.15) is 0 Å². The number of rotatable bonds is 6. The van der Waals surface area contributed by atoms with Gasteiger partial charge in [-0.15, -0.1) is 0 Å². The van der Waals surface area contributed by atoms with Crippen LogP contribution in [0.5, 0.6) is 0 Å². The monoisotopic (exact) mass is 172 g/mol. The predicted octanol–water partition coefficient (Wildman–Crippen LogP) is 1.71. The predicted molar refractivity (Wildman–Crippen MR) is 55.5 cm³/mol. The van der Waals surface area contributed by atoms with E-state index in [1.807, 2.05) is 7.05 Å². The van der Waals surface area contributed by atoms with Gasteiger partial charge in [0.05, 0.1) is 0 Å². The highest BCUT2D eigenvalue weighted by atomic mass is 15.1. The number of likely N-dealkylation sites (N-methyl/N-ethyl adjacent to an activating group) is 2.